The number of amides is 3. The molecule has 0 spiro atoms. The van der Waals surface area contributed by atoms with Crippen molar-refractivity contribution in [3.8, 4) is 0 Å². The molecule has 2 aromatic carbocycles. The summed E-state index contributed by atoms with van der Waals surface area (Å²) in [5, 5.41) is 9.30. The van der Waals surface area contributed by atoms with Crippen molar-refractivity contribution in [3.05, 3.63) is 71.9 Å². The Hall–Kier alpha value is -4.11. The predicted molar refractivity (Wildman–Crippen MR) is 155 cm³/mol. The average Bonchev–Trinajstić information content (AvgIpc) is 3.00. The summed E-state index contributed by atoms with van der Waals surface area (Å²) in [6, 6.07) is 10.4. The second kappa shape index (κ2) is 13.9. The first-order valence-electron chi connectivity index (χ1n) is 13.8. The Bertz CT molecular complexity index is 1420. The Labute approximate surface area is 246 Å². The van der Waals surface area contributed by atoms with Gasteiger partial charge >= 0.3 is 6.18 Å². The van der Waals surface area contributed by atoms with Gasteiger partial charge in [0.05, 0.1) is 35.4 Å². The van der Waals surface area contributed by atoms with Crippen LogP contribution in [0.1, 0.15) is 17.5 Å². The Morgan fingerprint density at radius 2 is 1.65 bits per heavy atom. The van der Waals surface area contributed by atoms with Crippen molar-refractivity contribution < 1.29 is 27.6 Å². The number of benzene rings is 2. The van der Waals surface area contributed by atoms with Crippen LogP contribution in [0.3, 0.4) is 0 Å². The number of anilines is 1. The number of pyridine rings is 1. The number of aromatic nitrogens is 1. The third kappa shape index (κ3) is 8.47. The van der Waals surface area contributed by atoms with Gasteiger partial charge in [0.1, 0.15) is 6.04 Å². The summed E-state index contributed by atoms with van der Waals surface area (Å²) >= 11 is 0. The number of alkyl halides is 3. The van der Waals surface area contributed by atoms with Gasteiger partial charge in [0.25, 0.3) is 0 Å². The number of nitrogens with one attached hydrogen (secondary N) is 3. The Balaban J connectivity index is 1.47. The summed E-state index contributed by atoms with van der Waals surface area (Å²) in [7, 11) is 0. The van der Waals surface area contributed by atoms with E-state index in [0.717, 1.165) is 17.5 Å². The van der Waals surface area contributed by atoms with Crippen LogP contribution in [0.4, 0.5) is 18.9 Å². The number of carbonyl (C=O) groups excluding carboxylic acids is 3. The lowest BCUT2D eigenvalue weighted by Gasteiger charge is -2.38. The molecule has 0 radical (unpaired) electrons. The summed E-state index contributed by atoms with van der Waals surface area (Å²) < 4.78 is 39.2. The number of carbonyl (C=O) groups is 3. The fourth-order valence-corrected chi connectivity index (χ4v) is 4.87. The standard InChI is InChI=1S/C29H35F3N8O3/c30-29(31,32)19-7-5-17(6-8-19)9-25(28(43)38-20-10-18-3-1-2-4-24(18)36-14-20)39-27(42)23(35)11-26(41)40-15-21(12-33)37-22(13-34)16-40/h1-8,10,14,21-23,25,37H,9,11-13,15-16,33-35H2,(H,38,43)(H,39,42). The van der Waals surface area contributed by atoms with Gasteiger partial charge in [-0.05, 0) is 29.8 Å². The zero-order valence-electron chi connectivity index (χ0n) is 23.3. The van der Waals surface area contributed by atoms with E-state index in [2.05, 4.69) is 20.9 Å². The number of halogens is 3. The zero-order valence-corrected chi connectivity index (χ0v) is 23.3. The predicted octanol–water partition coefficient (Wildman–Crippen LogP) is 0.723. The highest BCUT2D eigenvalue weighted by atomic mass is 19.4. The van der Waals surface area contributed by atoms with E-state index >= 15 is 0 Å². The van der Waals surface area contributed by atoms with Gasteiger partial charge in [0, 0.05) is 50.1 Å². The molecule has 230 valence electrons. The normalized spacial score (nSPS) is 18.6. The molecule has 2 heterocycles. The smallest absolute Gasteiger partial charge is 0.343 e. The van der Waals surface area contributed by atoms with Crippen LogP contribution in [0.15, 0.2) is 60.8 Å². The SMILES string of the molecule is NCC1CN(C(=O)CC(N)C(=O)NC(Cc2ccc(C(F)(F)F)cc2)C(=O)Nc2cnc3ccccc3c2)CC(CN)N1. The molecule has 14 heteroatoms. The maximum Gasteiger partial charge on any atom is 0.416 e. The first kappa shape index (κ1) is 31.8. The molecule has 11 nitrogen and oxygen atoms in total. The minimum atomic E-state index is -4.52. The third-order valence-electron chi connectivity index (χ3n) is 7.22. The van der Waals surface area contributed by atoms with Gasteiger partial charge in [0.15, 0.2) is 0 Å². The minimum Gasteiger partial charge on any atom is -0.343 e. The highest BCUT2D eigenvalue weighted by molar-refractivity contribution is 5.99. The molecule has 0 saturated carbocycles. The molecule has 4 atom stereocenters. The maximum atomic E-state index is 13.4. The molecule has 9 N–H and O–H groups in total. The third-order valence-corrected chi connectivity index (χ3v) is 7.22. The topological polar surface area (TPSA) is 181 Å². The molecule has 0 aliphatic carbocycles. The molecule has 4 unspecified atom stereocenters. The van der Waals surface area contributed by atoms with E-state index < -0.39 is 35.6 Å². The van der Waals surface area contributed by atoms with Crippen LogP contribution >= 0.6 is 0 Å². The van der Waals surface area contributed by atoms with Crippen molar-refractivity contribution >= 4 is 34.3 Å². The van der Waals surface area contributed by atoms with Gasteiger partial charge in [-0.2, -0.15) is 13.2 Å². The summed E-state index contributed by atoms with van der Waals surface area (Å²) in [5.74, 6) is -1.77. The minimum absolute atomic E-state index is 0.133. The molecule has 1 aliphatic heterocycles. The van der Waals surface area contributed by atoms with Crippen LogP contribution in [0.2, 0.25) is 0 Å². The number of nitrogens with two attached hydrogens (primary N) is 3. The number of hydrogen-bond acceptors (Lipinski definition) is 8. The quantitative estimate of drug-likeness (QED) is 0.197. The number of hydrogen-bond donors (Lipinski definition) is 6. The summed E-state index contributed by atoms with van der Waals surface area (Å²) in [4.78, 5) is 45.3. The van der Waals surface area contributed by atoms with E-state index in [9.17, 15) is 27.6 Å². The van der Waals surface area contributed by atoms with Gasteiger partial charge in [-0.3, -0.25) is 19.4 Å². The Morgan fingerprint density at radius 3 is 2.28 bits per heavy atom. The largest absolute Gasteiger partial charge is 0.416 e. The van der Waals surface area contributed by atoms with Crippen LogP contribution in [0.5, 0.6) is 0 Å². The van der Waals surface area contributed by atoms with Crippen molar-refractivity contribution in [2.45, 2.75) is 43.2 Å². The first-order chi connectivity index (χ1) is 20.5. The lowest BCUT2D eigenvalue weighted by atomic mass is 10.0. The second-order valence-corrected chi connectivity index (χ2v) is 10.5. The molecule has 3 amide bonds. The van der Waals surface area contributed by atoms with Gasteiger partial charge in [-0.1, -0.05) is 30.3 Å². The Morgan fingerprint density at radius 1 is 1.00 bits per heavy atom. The van der Waals surface area contributed by atoms with Crippen LogP contribution < -0.4 is 33.2 Å². The van der Waals surface area contributed by atoms with E-state index in [-0.39, 0.29) is 30.8 Å². The van der Waals surface area contributed by atoms with E-state index in [0.29, 0.717) is 42.9 Å². The van der Waals surface area contributed by atoms with Crippen LogP contribution in [-0.2, 0) is 27.0 Å². The van der Waals surface area contributed by atoms with E-state index in [4.69, 9.17) is 17.2 Å². The highest BCUT2D eigenvalue weighted by Crippen LogP contribution is 2.29. The van der Waals surface area contributed by atoms with Gasteiger partial charge in [-0.15, -0.1) is 0 Å². The fraction of sp³-hybridized carbons (Fsp3) is 0.379. The molecular formula is C29H35F3N8O3. The summed E-state index contributed by atoms with van der Waals surface area (Å²) in [5.41, 5.74) is 18.2. The zero-order chi connectivity index (χ0) is 31.1. The van der Waals surface area contributed by atoms with Crippen molar-refractivity contribution in [3.63, 3.8) is 0 Å². The molecule has 1 aliphatic rings. The van der Waals surface area contributed by atoms with Crippen molar-refractivity contribution in [1.82, 2.24) is 20.5 Å². The fourth-order valence-electron chi connectivity index (χ4n) is 4.87. The molecule has 1 fully saturated rings. The summed E-state index contributed by atoms with van der Waals surface area (Å²) in [6.45, 7) is 1.25. The molecule has 43 heavy (non-hydrogen) atoms. The lowest BCUT2D eigenvalue weighted by molar-refractivity contribution is -0.137. The summed E-state index contributed by atoms with van der Waals surface area (Å²) in [6.07, 6.45) is -3.53. The highest BCUT2D eigenvalue weighted by Gasteiger charge is 2.32. The number of rotatable bonds is 10. The van der Waals surface area contributed by atoms with Crippen LogP contribution in [0, 0.1) is 0 Å². The molecule has 1 saturated heterocycles. The number of fused-ring (bicyclic) bond motifs is 1. The Kier molecular flexibility index (Phi) is 10.3. The van der Waals surface area contributed by atoms with E-state index in [1.807, 2.05) is 24.3 Å². The van der Waals surface area contributed by atoms with Crippen LogP contribution in [0.25, 0.3) is 10.9 Å². The van der Waals surface area contributed by atoms with Crippen molar-refractivity contribution in [2.24, 2.45) is 17.2 Å². The number of piperazine rings is 1. The van der Waals surface area contributed by atoms with Crippen LogP contribution in [-0.4, -0.2) is 78.0 Å². The molecule has 3 aromatic rings. The lowest BCUT2D eigenvalue weighted by Crippen LogP contribution is -2.62. The van der Waals surface area contributed by atoms with Crippen molar-refractivity contribution in [2.75, 3.05) is 31.5 Å². The van der Waals surface area contributed by atoms with Gasteiger partial charge in [0.2, 0.25) is 17.7 Å². The van der Waals surface area contributed by atoms with Crippen molar-refractivity contribution in [1.29, 1.82) is 0 Å². The van der Waals surface area contributed by atoms with E-state index in [1.54, 1.807) is 11.0 Å². The molecule has 1 aromatic heterocycles. The monoisotopic (exact) mass is 600 g/mol. The number of para-hydroxylation sites is 1. The van der Waals surface area contributed by atoms with Gasteiger partial charge in [-0.25, -0.2) is 0 Å². The molecule has 4 rings (SSSR count). The first-order valence-corrected chi connectivity index (χ1v) is 13.8. The maximum absolute atomic E-state index is 13.4. The average molecular weight is 601 g/mol. The molecule has 0 bridgehead atoms. The molecular weight excluding hydrogens is 565 g/mol. The van der Waals surface area contributed by atoms with Gasteiger partial charge < -0.3 is 38.1 Å². The second-order valence-electron chi connectivity index (χ2n) is 10.5. The van der Waals surface area contributed by atoms with E-state index in [1.165, 1.54) is 18.3 Å². The number of nitrogens with zero attached hydrogens (tertiary/aromatic N) is 2.